The minimum atomic E-state index is -0.244. The number of hydrogen-bond acceptors (Lipinski definition) is 5. The summed E-state index contributed by atoms with van der Waals surface area (Å²) in [6, 6.07) is 26.0. The Bertz CT molecular complexity index is 1360. The molecule has 5 rings (SSSR count). The minimum absolute atomic E-state index is 0.244. The van der Waals surface area contributed by atoms with Crippen molar-refractivity contribution in [2.45, 2.75) is 26.4 Å². The molecule has 176 valence electrons. The van der Waals surface area contributed by atoms with Crippen molar-refractivity contribution in [2.24, 2.45) is 0 Å². The van der Waals surface area contributed by atoms with Gasteiger partial charge in [-0.3, -0.25) is 0 Å². The highest BCUT2D eigenvalue weighted by molar-refractivity contribution is 7.80. The molecule has 4 aromatic rings. The Balaban J connectivity index is 1.58. The van der Waals surface area contributed by atoms with Gasteiger partial charge < -0.3 is 19.5 Å². The lowest BCUT2D eigenvalue weighted by Gasteiger charge is -2.37. The van der Waals surface area contributed by atoms with Gasteiger partial charge in [0.05, 0.1) is 18.7 Å². The highest BCUT2D eigenvalue weighted by Gasteiger charge is 2.34. The van der Waals surface area contributed by atoms with Gasteiger partial charge >= 0.3 is 0 Å². The summed E-state index contributed by atoms with van der Waals surface area (Å²) >= 11 is 5.83. The maximum absolute atomic E-state index is 5.83. The molecule has 6 nitrogen and oxygen atoms in total. The predicted molar refractivity (Wildman–Crippen MR) is 141 cm³/mol. The van der Waals surface area contributed by atoms with E-state index in [4.69, 9.17) is 26.5 Å². The van der Waals surface area contributed by atoms with E-state index in [1.165, 1.54) is 5.56 Å². The molecule has 0 bridgehead atoms. The summed E-state index contributed by atoms with van der Waals surface area (Å²) < 4.78 is 11.2. The fourth-order valence-electron chi connectivity index (χ4n) is 4.21. The number of allylic oxidation sites excluding steroid dienone is 1. The Labute approximate surface area is 210 Å². The van der Waals surface area contributed by atoms with Crippen molar-refractivity contribution < 1.29 is 9.26 Å². The van der Waals surface area contributed by atoms with Gasteiger partial charge in [-0.2, -0.15) is 4.98 Å². The maximum atomic E-state index is 5.83. The number of aromatic nitrogens is 2. The molecule has 2 heterocycles. The summed E-state index contributed by atoms with van der Waals surface area (Å²) in [5.41, 5.74) is 6.18. The fourth-order valence-corrected chi connectivity index (χ4v) is 4.53. The molecule has 1 aromatic heterocycles. The SMILES string of the molecule is COc1ccc(C2NC(=S)N(Cc3ccc(C)cc3)C(C)=C2c2nc(-c3ccccc3)no2)cc1. The van der Waals surface area contributed by atoms with Crippen molar-refractivity contribution in [1.82, 2.24) is 20.4 Å². The van der Waals surface area contributed by atoms with E-state index in [-0.39, 0.29) is 6.04 Å². The van der Waals surface area contributed by atoms with Crippen LogP contribution in [0, 0.1) is 6.92 Å². The van der Waals surface area contributed by atoms with Crippen molar-refractivity contribution in [3.8, 4) is 17.1 Å². The second-order valence-corrected chi connectivity index (χ2v) is 8.90. The summed E-state index contributed by atoms with van der Waals surface area (Å²) in [5, 5.41) is 8.43. The number of ether oxygens (including phenoxy) is 1. The van der Waals surface area contributed by atoms with Gasteiger partial charge in [0.1, 0.15) is 5.75 Å². The van der Waals surface area contributed by atoms with Crippen molar-refractivity contribution >= 4 is 22.9 Å². The highest BCUT2D eigenvalue weighted by Crippen LogP contribution is 2.38. The Hall–Kier alpha value is -3.97. The standard InChI is InChI=1S/C28H26N4O2S/c1-18-9-11-20(12-10-18)17-32-19(2)24(27-30-26(31-34-27)22-7-5-4-6-8-22)25(29-28(32)35)21-13-15-23(33-3)16-14-21/h4-16,25H,17H2,1-3H3,(H,29,35). The topological polar surface area (TPSA) is 63.4 Å². The first-order valence-corrected chi connectivity index (χ1v) is 11.8. The second kappa shape index (κ2) is 9.72. The van der Waals surface area contributed by atoms with Gasteiger partial charge in [0.25, 0.3) is 5.89 Å². The van der Waals surface area contributed by atoms with Gasteiger partial charge in [0.2, 0.25) is 5.82 Å². The number of thiocarbonyl (C=S) groups is 1. The molecule has 1 atom stereocenters. The molecule has 0 amide bonds. The first-order chi connectivity index (χ1) is 17.0. The summed E-state index contributed by atoms with van der Waals surface area (Å²) in [7, 11) is 1.66. The molecule has 0 saturated carbocycles. The van der Waals surface area contributed by atoms with Crippen LogP contribution in [0.5, 0.6) is 5.75 Å². The van der Waals surface area contributed by atoms with Crippen LogP contribution in [0.4, 0.5) is 0 Å². The summed E-state index contributed by atoms with van der Waals surface area (Å²) in [5.74, 6) is 1.80. The van der Waals surface area contributed by atoms with Crippen molar-refractivity contribution in [1.29, 1.82) is 0 Å². The zero-order chi connectivity index (χ0) is 24.4. The third-order valence-electron chi connectivity index (χ3n) is 6.20. The van der Waals surface area contributed by atoms with Crippen LogP contribution in [-0.4, -0.2) is 27.3 Å². The largest absolute Gasteiger partial charge is 0.497 e. The third-order valence-corrected chi connectivity index (χ3v) is 6.53. The van der Waals surface area contributed by atoms with Gasteiger partial charge in [-0.1, -0.05) is 77.5 Å². The lowest BCUT2D eigenvalue weighted by molar-refractivity contribution is 0.396. The quantitative estimate of drug-likeness (QED) is 0.343. The van der Waals surface area contributed by atoms with Crippen LogP contribution in [0.15, 0.2) is 89.1 Å². The normalized spacial score (nSPS) is 15.8. The second-order valence-electron chi connectivity index (χ2n) is 8.52. The monoisotopic (exact) mass is 482 g/mol. The van der Waals surface area contributed by atoms with Gasteiger partial charge in [-0.15, -0.1) is 0 Å². The molecule has 3 aromatic carbocycles. The molecule has 0 fully saturated rings. The first kappa shape index (κ1) is 22.8. The lowest BCUT2D eigenvalue weighted by Crippen LogP contribution is -2.45. The Morgan fingerprint density at radius 3 is 2.37 bits per heavy atom. The number of aryl methyl sites for hydroxylation is 1. The van der Waals surface area contributed by atoms with Gasteiger partial charge in [0.15, 0.2) is 5.11 Å². The van der Waals surface area contributed by atoms with Crippen molar-refractivity contribution in [3.63, 3.8) is 0 Å². The molecular weight excluding hydrogens is 456 g/mol. The number of hydrogen-bond donors (Lipinski definition) is 1. The summed E-state index contributed by atoms with van der Waals surface area (Å²) in [4.78, 5) is 6.86. The van der Waals surface area contributed by atoms with E-state index in [0.717, 1.165) is 33.7 Å². The van der Waals surface area contributed by atoms with Crippen molar-refractivity contribution in [3.05, 3.63) is 107 Å². The summed E-state index contributed by atoms with van der Waals surface area (Å²) in [6.07, 6.45) is 0. The predicted octanol–water partition coefficient (Wildman–Crippen LogP) is 5.92. The zero-order valence-corrected chi connectivity index (χ0v) is 20.7. The molecule has 7 heteroatoms. The van der Waals surface area contributed by atoms with Gasteiger partial charge in [-0.05, 0) is 49.3 Å². The number of rotatable bonds is 6. The van der Waals surface area contributed by atoms with Gasteiger partial charge in [0, 0.05) is 17.8 Å². The van der Waals surface area contributed by atoms with Crippen LogP contribution in [0.25, 0.3) is 17.0 Å². The molecular formula is C28H26N4O2S. The van der Waals surface area contributed by atoms with Crippen molar-refractivity contribution in [2.75, 3.05) is 7.11 Å². The Morgan fingerprint density at radius 2 is 1.69 bits per heavy atom. The molecule has 1 N–H and O–H groups in total. The molecule has 1 aliphatic rings. The lowest BCUT2D eigenvalue weighted by atomic mass is 9.94. The number of nitrogens with zero attached hydrogens (tertiary/aromatic N) is 3. The molecule has 0 aliphatic carbocycles. The molecule has 1 aliphatic heterocycles. The summed E-state index contributed by atoms with van der Waals surface area (Å²) in [6.45, 7) is 4.77. The molecule has 1 unspecified atom stereocenters. The van der Waals surface area contributed by atoms with Crippen LogP contribution >= 0.6 is 12.2 Å². The Morgan fingerprint density at radius 1 is 0.971 bits per heavy atom. The zero-order valence-electron chi connectivity index (χ0n) is 19.9. The smallest absolute Gasteiger partial charge is 0.258 e. The molecule has 0 saturated heterocycles. The van der Waals surface area contributed by atoms with E-state index in [1.54, 1.807) is 7.11 Å². The van der Waals surface area contributed by atoms with Gasteiger partial charge in [-0.25, -0.2) is 0 Å². The van der Waals surface area contributed by atoms with Crippen LogP contribution in [0.3, 0.4) is 0 Å². The molecule has 35 heavy (non-hydrogen) atoms. The average molecular weight is 483 g/mol. The van der Waals surface area contributed by atoms with Crippen LogP contribution in [-0.2, 0) is 6.54 Å². The highest BCUT2D eigenvalue weighted by atomic mass is 32.1. The Kier molecular flexibility index (Phi) is 6.33. The third kappa shape index (κ3) is 4.68. The number of benzene rings is 3. The molecule has 0 spiro atoms. The first-order valence-electron chi connectivity index (χ1n) is 11.4. The van der Waals surface area contributed by atoms with Crippen LogP contribution in [0.1, 0.15) is 35.5 Å². The maximum Gasteiger partial charge on any atom is 0.258 e. The van der Waals surface area contributed by atoms with E-state index < -0.39 is 0 Å². The number of nitrogens with one attached hydrogen (secondary N) is 1. The van der Waals surface area contributed by atoms with E-state index in [2.05, 4.69) is 53.5 Å². The van der Waals surface area contributed by atoms with E-state index in [9.17, 15) is 0 Å². The van der Waals surface area contributed by atoms with Crippen LogP contribution < -0.4 is 10.1 Å². The minimum Gasteiger partial charge on any atom is -0.497 e. The van der Waals surface area contributed by atoms with E-state index >= 15 is 0 Å². The average Bonchev–Trinajstić information content (AvgIpc) is 3.38. The van der Waals surface area contributed by atoms with E-state index in [0.29, 0.717) is 23.4 Å². The van der Waals surface area contributed by atoms with E-state index in [1.807, 2.05) is 54.6 Å². The fraction of sp³-hybridized carbons (Fsp3) is 0.179. The van der Waals surface area contributed by atoms with Crippen LogP contribution in [0.2, 0.25) is 0 Å². The molecule has 0 radical (unpaired) electrons. The number of methoxy groups -OCH3 is 1.